The molecular weight excluding hydrogens is 200 g/mol. The first kappa shape index (κ1) is 10.2. The van der Waals surface area contributed by atoms with Crippen LogP contribution in [0.25, 0.3) is 0 Å². The molecule has 2 heteroatoms. The lowest BCUT2D eigenvalue weighted by molar-refractivity contribution is -0.0198. The molecule has 0 aromatic heterocycles. The van der Waals surface area contributed by atoms with E-state index in [2.05, 4.69) is 19.1 Å². The van der Waals surface area contributed by atoms with Crippen LogP contribution < -0.4 is 4.74 Å². The quantitative estimate of drug-likeness (QED) is 0.776. The second-order valence-corrected chi connectivity index (χ2v) is 5.11. The van der Waals surface area contributed by atoms with E-state index in [1.165, 1.54) is 31.2 Å². The number of hydrogen-bond donors (Lipinski definition) is 0. The zero-order valence-corrected chi connectivity index (χ0v) is 9.74. The fourth-order valence-corrected chi connectivity index (χ4v) is 2.81. The van der Waals surface area contributed by atoms with Gasteiger partial charge in [-0.25, -0.2) is 0 Å². The van der Waals surface area contributed by atoms with Crippen LogP contribution in [0.4, 0.5) is 0 Å². The van der Waals surface area contributed by atoms with Crippen molar-refractivity contribution in [3.63, 3.8) is 0 Å². The summed E-state index contributed by atoms with van der Waals surface area (Å²) < 4.78 is 11.9. The summed E-state index contributed by atoms with van der Waals surface area (Å²) in [6, 6.07) is 8.22. The van der Waals surface area contributed by atoms with Gasteiger partial charge < -0.3 is 9.47 Å². The minimum absolute atomic E-state index is 0.0361. The Kier molecular flexibility index (Phi) is 2.40. The van der Waals surface area contributed by atoms with Crippen molar-refractivity contribution in [3.05, 3.63) is 29.8 Å². The monoisotopic (exact) mass is 218 g/mol. The molecule has 0 radical (unpaired) electrons. The molecule has 0 saturated carbocycles. The van der Waals surface area contributed by atoms with Gasteiger partial charge in [-0.05, 0) is 50.3 Å². The van der Waals surface area contributed by atoms with Gasteiger partial charge in [0.15, 0.2) is 0 Å². The number of fused-ring (bicyclic) bond motifs is 2. The third-order valence-corrected chi connectivity index (χ3v) is 3.75. The Morgan fingerprint density at radius 1 is 1.38 bits per heavy atom. The maximum absolute atomic E-state index is 5.99. The van der Waals surface area contributed by atoms with Gasteiger partial charge in [0.05, 0.1) is 6.10 Å². The summed E-state index contributed by atoms with van der Waals surface area (Å²) in [5.74, 6) is 0.966. The lowest BCUT2D eigenvalue weighted by Gasteiger charge is -2.24. The second kappa shape index (κ2) is 3.77. The van der Waals surface area contributed by atoms with Crippen LogP contribution in [0.5, 0.6) is 5.75 Å². The van der Waals surface area contributed by atoms with E-state index < -0.39 is 0 Å². The minimum Gasteiger partial charge on any atom is -0.491 e. The molecule has 1 aromatic rings. The average Bonchev–Trinajstić information content (AvgIpc) is 2.87. The van der Waals surface area contributed by atoms with Crippen LogP contribution >= 0.6 is 0 Å². The highest BCUT2D eigenvalue weighted by Gasteiger charge is 2.46. The van der Waals surface area contributed by atoms with E-state index in [4.69, 9.17) is 9.47 Å². The van der Waals surface area contributed by atoms with Crippen LogP contribution in [0.3, 0.4) is 0 Å². The van der Waals surface area contributed by atoms with E-state index in [9.17, 15) is 0 Å². The first-order valence-electron chi connectivity index (χ1n) is 6.13. The topological polar surface area (TPSA) is 18.5 Å². The number of ether oxygens (including phenoxy) is 2. The van der Waals surface area contributed by atoms with Gasteiger partial charge in [0.2, 0.25) is 0 Å². The number of aryl methyl sites for hydroxylation is 1. The van der Waals surface area contributed by atoms with E-state index in [1.54, 1.807) is 0 Å². The van der Waals surface area contributed by atoms with Gasteiger partial charge >= 0.3 is 0 Å². The second-order valence-electron chi connectivity index (χ2n) is 5.11. The number of rotatable bonds is 3. The molecule has 2 nitrogen and oxygen atoms in total. The molecule has 16 heavy (non-hydrogen) atoms. The Morgan fingerprint density at radius 2 is 2.19 bits per heavy atom. The van der Waals surface area contributed by atoms with E-state index in [0.717, 1.165) is 5.75 Å². The van der Waals surface area contributed by atoms with Crippen molar-refractivity contribution in [2.45, 2.75) is 44.3 Å². The molecule has 2 fully saturated rings. The molecule has 3 rings (SSSR count). The summed E-state index contributed by atoms with van der Waals surface area (Å²) >= 11 is 0. The van der Waals surface area contributed by atoms with Crippen LogP contribution in [0.1, 0.15) is 31.2 Å². The van der Waals surface area contributed by atoms with Crippen molar-refractivity contribution in [2.75, 3.05) is 6.61 Å². The van der Waals surface area contributed by atoms with E-state index >= 15 is 0 Å². The van der Waals surface area contributed by atoms with Crippen LogP contribution in [0.15, 0.2) is 24.3 Å². The van der Waals surface area contributed by atoms with Gasteiger partial charge in [0.25, 0.3) is 0 Å². The van der Waals surface area contributed by atoms with Crippen LogP contribution in [0, 0.1) is 6.92 Å². The van der Waals surface area contributed by atoms with Crippen molar-refractivity contribution < 1.29 is 9.47 Å². The van der Waals surface area contributed by atoms with Crippen molar-refractivity contribution in [3.8, 4) is 5.75 Å². The van der Waals surface area contributed by atoms with Gasteiger partial charge in [0, 0.05) is 0 Å². The highest BCUT2D eigenvalue weighted by atomic mass is 16.6. The third-order valence-electron chi connectivity index (χ3n) is 3.75. The van der Waals surface area contributed by atoms with E-state index in [1.807, 2.05) is 12.1 Å². The molecule has 2 heterocycles. The molecule has 0 unspecified atom stereocenters. The lowest BCUT2D eigenvalue weighted by Crippen LogP contribution is -2.32. The fourth-order valence-electron chi connectivity index (χ4n) is 2.81. The number of benzene rings is 1. The van der Waals surface area contributed by atoms with Gasteiger partial charge in [-0.3, -0.25) is 0 Å². The van der Waals surface area contributed by atoms with E-state index in [-0.39, 0.29) is 5.60 Å². The standard InChI is InChI=1S/C14H18O2/c1-11-3-2-4-13(9-11)15-10-14-7-5-12(16-14)6-8-14/h2-4,9,12H,5-8,10H2,1H3. The molecule has 2 aliphatic heterocycles. The maximum Gasteiger partial charge on any atom is 0.119 e. The summed E-state index contributed by atoms with van der Waals surface area (Å²) in [7, 11) is 0. The Labute approximate surface area is 96.6 Å². The fraction of sp³-hybridized carbons (Fsp3) is 0.571. The molecule has 1 aromatic carbocycles. The zero-order valence-electron chi connectivity index (χ0n) is 9.74. The maximum atomic E-state index is 5.99. The molecule has 2 bridgehead atoms. The summed E-state index contributed by atoms with van der Waals surface area (Å²) in [4.78, 5) is 0. The molecule has 2 aliphatic rings. The third kappa shape index (κ3) is 1.82. The molecule has 2 saturated heterocycles. The highest BCUT2D eigenvalue weighted by Crippen LogP contribution is 2.43. The van der Waals surface area contributed by atoms with Crippen molar-refractivity contribution >= 4 is 0 Å². The van der Waals surface area contributed by atoms with Gasteiger partial charge in [-0.15, -0.1) is 0 Å². The molecule has 0 spiro atoms. The molecular formula is C14H18O2. The summed E-state index contributed by atoms with van der Waals surface area (Å²) in [6.45, 7) is 2.80. The normalized spacial score (nSPS) is 31.9. The van der Waals surface area contributed by atoms with Gasteiger partial charge in [0.1, 0.15) is 18.0 Å². The zero-order chi connectivity index (χ0) is 11.0. The largest absolute Gasteiger partial charge is 0.491 e. The predicted octanol–water partition coefficient (Wildman–Crippen LogP) is 3.09. The van der Waals surface area contributed by atoms with Crippen molar-refractivity contribution in [1.82, 2.24) is 0 Å². The first-order valence-corrected chi connectivity index (χ1v) is 6.13. The van der Waals surface area contributed by atoms with Crippen LogP contribution in [-0.2, 0) is 4.74 Å². The predicted molar refractivity (Wildman–Crippen MR) is 62.7 cm³/mol. The van der Waals surface area contributed by atoms with Gasteiger partial charge in [-0.2, -0.15) is 0 Å². The first-order chi connectivity index (χ1) is 7.76. The van der Waals surface area contributed by atoms with Crippen molar-refractivity contribution in [1.29, 1.82) is 0 Å². The van der Waals surface area contributed by atoms with E-state index in [0.29, 0.717) is 12.7 Å². The molecule has 0 atom stereocenters. The summed E-state index contributed by atoms with van der Waals surface area (Å²) in [5, 5.41) is 0. The molecule has 0 N–H and O–H groups in total. The van der Waals surface area contributed by atoms with Crippen molar-refractivity contribution in [2.24, 2.45) is 0 Å². The summed E-state index contributed by atoms with van der Waals surface area (Å²) in [6.07, 6.45) is 5.29. The highest BCUT2D eigenvalue weighted by molar-refractivity contribution is 5.27. The Balaban J connectivity index is 1.64. The smallest absolute Gasteiger partial charge is 0.119 e. The molecule has 0 aliphatic carbocycles. The SMILES string of the molecule is Cc1cccc(OCC23CCC(CC2)O3)c1. The Morgan fingerprint density at radius 3 is 2.81 bits per heavy atom. The summed E-state index contributed by atoms with van der Waals surface area (Å²) in [5.41, 5.74) is 1.28. The molecule has 86 valence electrons. The molecule has 0 amide bonds. The Bertz CT molecular complexity index is 378. The number of hydrogen-bond acceptors (Lipinski definition) is 2. The average molecular weight is 218 g/mol. The lowest BCUT2D eigenvalue weighted by atomic mass is 9.89. The van der Waals surface area contributed by atoms with Crippen LogP contribution in [0.2, 0.25) is 0 Å². The van der Waals surface area contributed by atoms with Crippen LogP contribution in [-0.4, -0.2) is 18.3 Å². The van der Waals surface area contributed by atoms with Gasteiger partial charge in [-0.1, -0.05) is 12.1 Å². The minimum atomic E-state index is 0.0361. The Hall–Kier alpha value is -1.02.